The molecular formula is C20H17BrF3N3O. The molecule has 0 aliphatic heterocycles. The van der Waals surface area contributed by atoms with Crippen molar-refractivity contribution in [2.75, 3.05) is 11.4 Å². The molecule has 0 saturated heterocycles. The predicted octanol–water partition coefficient (Wildman–Crippen LogP) is 5.99. The Kier molecular flexibility index (Phi) is 6.18. The zero-order valence-electron chi connectivity index (χ0n) is 14.9. The van der Waals surface area contributed by atoms with E-state index in [2.05, 4.69) is 25.9 Å². The maximum Gasteiger partial charge on any atom is 0.421 e. The summed E-state index contributed by atoms with van der Waals surface area (Å²) in [5, 5.41) is 0. The number of hydrogen-bond donors (Lipinski definition) is 0. The van der Waals surface area contributed by atoms with E-state index in [0.29, 0.717) is 12.2 Å². The molecule has 0 saturated carbocycles. The van der Waals surface area contributed by atoms with Crippen LogP contribution in [0.15, 0.2) is 65.3 Å². The van der Waals surface area contributed by atoms with Crippen molar-refractivity contribution in [1.29, 1.82) is 0 Å². The van der Waals surface area contributed by atoms with E-state index in [1.807, 2.05) is 30.3 Å². The Hall–Kier alpha value is -2.61. The highest BCUT2D eigenvalue weighted by Crippen LogP contribution is 2.38. The minimum absolute atomic E-state index is 0.109. The molecule has 0 spiro atoms. The molecule has 146 valence electrons. The highest BCUT2D eigenvalue weighted by atomic mass is 79.9. The number of halogens is 4. The van der Waals surface area contributed by atoms with Gasteiger partial charge in [-0.15, -0.1) is 0 Å². The lowest BCUT2D eigenvalue weighted by Crippen LogP contribution is -2.23. The third kappa shape index (κ3) is 4.81. The number of ether oxygens (including phenoxy) is 1. The lowest BCUT2D eigenvalue weighted by Gasteiger charge is -2.25. The Morgan fingerprint density at radius 3 is 2.32 bits per heavy atom. The normalized spacial score (nSPS) is 11.3. The summed E-state index contributed by atoms with van der Waals surface area (Å²) in [6.07, 6.45) is -3.82. The van der Waals surface area contributed by atoms with E-state index >= 15 is 0 Å². The van der Waals surface area contributed by atoms with Crippen LogP contribution in [0.1, 0.15) is 18.1 Å². The highest BCUT2D eigenvalue weighted by molar-refractivity contribution is 9.10. The Morgan fingerprint density at radius 1 is 1.04 bits per heavy atom. The predicted molar refractivity (Wildman–Crippen MR) is 105 cm³/mol. The topological polar surface area (TPSA) is 38.2 Å². The molecule has 3 rings (SSSR count). The van der Waals surface area contributed by atoms with Gasteiger partial charge in [-0.2, -0.15) is 18.2 Å². The maximum atomic E-state index is 13.6. The summed E-state index contributed by atoms with van der Waals surface area (Å²) in [6.45, 7) is 2.21. The standard InChI is InChI=1S/C20H17BrF3N3O/c1-2-27(16-10-8-15(21)9-11-16)18-17(20(22,23)24)12-25-19(26-18)28-13-14-6-4-3-5-7-14/h3-12H,2,13H2,1H3. The molecule has 0 fully saturated rings. The molecule has 3 aromatic rings. The van der Waals surface area contributed by atoms with Crippen molar-refractivity contribution in [3.63, 3.8) is 0 Å². The van der Waals surface area contributed by atoms with Gasteiger partial charge in [-0.1, -0.05) is 46.3 Å². The lowest BCUT2D eigenvalue weighted by molar-refractivity contribution is -0.137. The fraction of sp³-hybridized carbons (Fsp3) is 0.200. The Bertz CT molecular complexity index is 918. The molecule has 1 aromatic heterocycles. The smallest absolute Gasteiger partial charge is 0.421 e. The van der Waals surface area contributed by atoms with E-state index in [1.165, 1.54) is 4.90 Å². The molecule has 0 atom stereocenters. The van der Waals surface area contributed by atoms with E-state index < -0.39 is 11.7 Å². The average Bonchev–Trinajstić information content (AvgIpc) is 2.68. The van der Waals surface area contributed by atoms with Gasteiger partial charge in [0.2, 0.25) is 0 Å². The highest BCUT2D eigenvalue weighted by Gasteiger charge is 2.37. The van der Waals surface area contributed by atoms with Gasteiger partial charge in [0, 0.05) is 22.9 Å². The molecule has 0 radical (unpaired) electrons. The van der Waals surface area contributed by atoms with E-state index in [1.54, 1.807) is 31.2 Å². The first-order valence-electron chi connectivity index (χ1n) is 8.52. The van der Waals surface area contributed by atoms with Gasteiger partial charge in [0.05, 0.1) is 0 Å². The number of anilines is 2. The van der Waals surface area contributed by atoms with Gasteiger partial charge < -0.3 is 9.64 Å². The second-order valence-electron chi connectivity index (χ2n) is 5.88. The van der Waals surface area contributed by atoms with Crippen molar-refractivity contribution in [3.8, 4) is 6.01 Å². The molecule has 4 nitrogen and oxygen atoms in total. The van der Waals surface area contributed by atoms with Gasteiger partial charge in [-0.3, -0.25) is 0 Å². The molecule has 0 unspecified atom stereocenters. The van der Waals surface area contributed by atoms with Gasteiger partial charge in [0.1, 0.15) is 12.2 Å². The van der Waals surface area contributed by atoms with Crippen LogP contribution >= 0.6 is 15.9 Å². The summed E-state index contributed by atoms with van der Waals surface area (Å²) < 4.78 is 47.0. The van der Waals surface area contributed by atoms with Gasteiger partial charge in [0.15, 0.2) is 5.82 Å². The molecule has 0 aliphatic carbocycles. The first kappa shape index (κ1) is 20.1. The number of benzene rings is 2. The quantitative estimate of drug-likeness (QED) is 0.460. The largest absolute Gasteiger partial charge is 0.459 e. The van der Waals surface area contributed by atoms with Crippen LogP contribution < -0.4 is 9.64 Å². The van der Waals surface area contributed by atoms with Gasteiger partial charge >= 0.3 is 12.2 Å². The second-order valence-corrected chi connectivity index (χ2v) is 6.80. The summed E-state index contributed by atoms with van der Waals surface area (Å²) in [5.74, 6) is -0.240. The van der Waals surface area contributed by atoms with E-state index in [4.69, 9.17) is 4.74 Å². The Morgan fingerprint density at radius 2 is 1.71 bits per heavy atom. The number of aromatic nitrogens is 2. The number of rotatable bonds is 6. The summed E-state index contributed by atoms with van der Waals surface area (Å²) in [6, 6.07) is 16.1. The van der Waals surface area contributed by atoms with Crippen LogP contribution in [0.2, 0.25) is 0 Å². The zero-order valence-corrected chi connectivity index (χ0v) is 16.5. The van der Waals surface area contributed by atoms with E-state index in [9.17, 15) is 13.2 Å². The van der Waals surface area contributed by atoms with Crippen molar-refractivity contribution >= 4 is 27.4 Å². The van der Waals surface area contributed by atoms with Crippen molar-refractivity contribution in [2.24, 2.45) is 0 Å². The minimum atomic E-state index is -4.59. The van der Waals surface area contributed by atoms with Crippen LogP contribution in [0.25, 0.3) is 0 Å². The van der Waals surface area contributed by atoms with Gasteiger partial charge in [-0.25, -0.2) is 4.98 Å². The van der Waals surface area contributed by atoms with Crippen LogP contribution in [0, 0.1) is 0 Å². The van der Waals surface area contributed by atoms with Crippen LogP contribution in [-0.4, -0.2) is 16.5 Å². The Balaban J connectivity index is 1.96. The third-order valence-corrected chi connectivity index (χ3v) is 4.50. The minimum Gasteiger partial charge on any atom is -0.459 e. The van der Waals surface area contributed by atoms with Gasteiger partial charge in [-0.05, 0) is 36.8 Å². The molecule has 0 amide bonds. The Labute approximate surface area is 169 Å². The number of hydrogen-bond acceptors (Lipinski definition) is 4. The zero-order chi connectivity index (χ0) is 20.1. The first-order valence-corrected chi connectivity index (χ1v) is 9.32. The fourth-order valence-electron chi connectivity index (χ4n) is 2.63. The molecule has 8 heteroatoms. The van der Waals surface area contributed by atoms with E-state index in [0.717, 1.165) is 16.2 Å². The van der Waals surface area contributed by atoms with Crippen molar-refractivity contribution in [1.82, 2.24) is 9.97 Å². The molecule has 28 heavy (non-hydrogen) atoms. The number of nitrogens with zero attached hydrogens (tertiary/aromatic N) is 3. The lowest BCUT2D eigenvalue weighted by atomic mass is 10.2. The van der Waals surface area contributed by atoms with Crippen molar-refractivity contribution < 1.29 is 17.9 Å². The second kappa shape index (κ2) is 8.60. The third-order valence-electron chi connectivity index (χ3n) is 3.97. The average molecular weight is 452 g/mol. The summed E-state index contributed by atoms with van der Waals surface area (Å²) >= 11 is 3.33. The molecule has 0 aliphatic rings. The van der Waals surface area contributed by atoms with Crippen molar-refractivity contribution in [2.45, 2.75) is 19.7 Å². The molecule has 0 N–H and O–H groups in total. The summed E-state index contributed by atoms with van der Waals surface area (Å²) in [7, 11) is 0. The fourth-order valence-corrected chi connectivity index (χ4v) is 2.89. The van der Waals surface area contributed by atoms with Crippen LogP contribution in [0.4, 0.5) is 24.7 Å². The van der Waals surface area contributed by atoms with Crippen LogP contribution in [-0.2, 0) is 12.8 Å². The van der Waals surface area contributed by atoms with Crippen LogP contribution in [0.5, 0.6) is 6.01 Å². The molecule has 2 aromatic carbocycles. The number of alkyl halides is 3. The molecular weight excluding hydrogens is 435 g/mol. The summed E-state index contributed by atoms with van der Waals surface area (Å²) in [4.78, 5) is 9.32. The maximum absolute atomic E-state index is 13.6. The van der Waals surface area contributed by atoms with Crippen LogP contribution in [0.3, 0.4) is 0 Å². The molecule has 0 bridgehead atoms. The van der Waals surface area contributed by atoms with E-state index in [-0.39, 0.29) is 18.4 Å². The monoisotopic (exact) mass is 451 g/mol. The van der Waals surface area contributed by atoms with Crippen molar-refractivity contribution in [3.05, 3.63) is 76.4 Å². The SMILES string of the molecule is CCN(c1ccc(Br)cc1)c1nc(OCc2ccccc2)ncc1C(F)(F)F. The molecule has 1 heterocycles. The van der Waals surface area contributed by atoms with Gasteiger partial charge in [0.25, 0.3) is 0 Å². The summed E-state index contributed by atoms with van der Waals surface area (Å²) in [5.41, 5.74) is 0.543. The first-order chi connectivity index (χ1) is 13.4.